The molecule has 0 amide bonds. The van der Waals surface area contributed by atoms with Gasteiger partial charge in [-0.25, -0.2) is 4.79 Å². The van der Waals surface area contributed by atoms with Crippen molar-refractivity contribution in [3.8, 4) is 0 Å². The molecule has 0 aliphatic heterocycles. The lowest BCUT2D eigenvalue weighted by atomic mass is 9.89. The van der Waals surface area contributed by atoms with Gasteiger partial charge in [0.2, 0.25) is 0 Å². The third-order valence-electron chi connectivity index (χ3n) is 6.21. The second kappa shape index (κ2) is 12.4. The summed E-state index contributed by atoms with van der Waals surface area (Å²) >= 11 is 1.56. The van der Waals surface area contributed by atoms with Gasteiger partial charge in [-0.2, -0.15) is 0 Å². The Morgan fingerprint density at radius 1 is 1.12 bits per heavy atom. The number of aryl methyl sites for hydroxylation is 1. The van der Waals surface area contributed by atoms with E-state index in [0.29, 0.717) is 10.8 Å². The van der Waals surface area contributed by atoms with Gasteiger partial charge < -0.3 is 9.84 Å². The van der Waals surface area contributed by atoms with Crippen LogP contribution in [-0.4, -0.2) is 17.2 Å². The first-order valence-corrected chi connectivity index (χ1v) is 13.1. The SMILES string of the molecule is CCCCC[C@H](O)c1ccc(C2=CCCC2CCCc2ccc(C(=O)OC(C)C)s2)cc1. The van der Waals surface area contributed by atoms with Crippen molar-refractivity contribution in [1.82, 2.24) is 0 Å². The summed E-state index contributed by atoms with van der Waals surface area (Å²) in [6, 6.07) is 12.5. The van der Waals surface area contributed by atoms with E-state index >= 15 is 0 Å². The van der Waals surface area contributed by atoms with Gasteiger partial charge in [-0.1, -0.05) is 56.5 Å². The highest BCUT2D eigenvalue weighted by Gasteiger charge is 2.21. The third kappa shape index (κ3) is 7.05. The molecule has 1 aromatic heterocycles. The zero-order valence-corrected chi connectivity index (χ0v) is 20.6. The molecule has 2 atom stereocenters. The Morgan fingerprint density at radius 2 is 1.91 bits per heavy atom. The van der Waals surface area contributed by atoms with Crippen molar-refractivity contribution in [3.05, 3.63) is 63.4 Å². The van der Waals surface area contributed by atoms with Crippen molar-refractivity contribution >= 4 is 22.9 Å². The molecule has 0 spiro atoms. The van der Waals surface area contributed by atoms with Crippen LogP contribution < -0.4 is 0 Å². The molecule has 174 valence electrons. The summed E-state index contributed by atoms with van der Waals surface area (Å²) in [5.41, 5.74) is 3.79. The number of aliphatic hydroxyl groups is 1. The fourth-order valence-electron chi connectivity index (χ4n) is 4.48. The Kier molecular flexibility index (Phi) is 9.55. The maximum Gasteiger partial charge on any atom is 0.348 e. The van der Waals surface area contributed by atoms with Crippen molar-refractivity contribution < 1.29 is 14.6 Å². The summed E-state index contributed by atoms with van der Waals surface area (Å²) in [6.45, 7) is 5.94. The molecule has 1 aliphatic carbocycles. The minimum atomic E-state index is -0.350. The standard InChI is InChI=1S/C28H38O3S/c1-4-5-6-13-26(29)23-16-14-22(15-17-23)25-12-8-10-21(25)9-7-11-24-18-19-27(32-24)28(30)31-20(2)3/h12,14-21,26,29H,4-11,13H2,1-3H3/t21?,26-/m0/s1. The lowest BCUT2D eigenvalue weighted by Gasteiger charge is -2.16. The number of hydrogen-bond donors (Lipinski definition) is 1. The van der Waals surface area contributed by atoms with E-state index in [1.54, 1.807) is 11.3 Å². The number of ether oxygens (including phenoxy) is 1. The quantitative estimate of drug-likeness (QED) is 0.263. The molecular weight excluding hydrogens is 416 g/mol. The molecule has 3 nitrogen and oxygen atoms in total. The van der Waals surface area contributed by atoms with Gasteiger partial charge in [0, 0.05) is 4.88 Å². The Bertz CT molecular complexity index is 878. The predicted octanol–water partition coefficient (Wildman–Crippen LogP) is 7.74. The topological polar surface area (TPSA) is 46.5 Å². The van der Waals surface area contributed by atoms with E-state index in [4.69, 9.17) is 4.74 Å². The van der Waals surface area contributed by atoms with Crippen LogP contribution in [0.3, 0.4) is 0 Å². The van der Waals surface area contributed by atoms with Crippen molar-refractivity contribution in [2.45, 2.75) is 90.8 Å². The molecule has 32 heavy (non-hydrogen) atoms. The van der Waals surface area contributed by atoms with Gasteiger partial charge in [-0.3, -0.25) is 0 Å². The van der Waals surface area contributed by atoms with E-state index < -0.39 is 0 Å². The molecule has 1 aromatic carbocycles. The highest BCUT2D eigenvalue weighted by atomic mass is 32.1. The molecule has 4 heteroatoms. The summed E-state index contributed by atoms with van der Waals surface area (Å²) in [4.78, 5) is 14.0. The molecule has 0 saturated carbocycles. The summed E-state index contributed by atoms with van der Waals surface area (Å²) < 4.78 is 5.29. The number of carbonyl (C=O) groups excluding carboxylic acids is 1. The average molecular weight is 455 g/mol. The molecule has 1 N–H and O–H groups in total. The predicted molar refractivity (Wildman–Crippen MR) is 134 cm³/mol. The number of benzene rings is 1. The average Bonchev–Trinajstić information content (AvgIpc) is 3.43. The summed E-state index contributed by atoms with van der Waals surface area (Å²) in [5.74, 6) is 0.386. The summed E-state index contributed by atoms with van der Waals surface area (Å²) in [5, 5.41) is 10.4. The number of unbranched alkanes of at least 4 members (excludes halogenated alkanes) is 2. The molecule has 0 bridgehead atoms. The first-order valence-electron chi connectivity index (χ1n) is 12.3. The molecule has 1 aliphatic rings. The van der Waals surface area contributed by atoms with Crippen molar-refractivity contribution in [2.24, 2.45) is 5.92 Å². The van der Waals surface area contributed by atoms with Gasteiger partial charge in [-0.15, -0.1) is 11.3 Å². The summed E-state index contributed by atoms with van der Waals surface area (Å²) in [6.07, 6.45) is 11.9. The van der Waals surface area contributed by atoms with Crippen LogP contribution in [0.15, 0.2) is 42.5 Å². The smallest absolute Gasteiger partial charge is 0.348 e. The molecule has 2 aromatic rings. The second-order valence-electron chi connectivity index (χ2n) is 9.18. The highest BCUT2D eigenvalue weighted by molar-refractivity contribution is 7.13. The molecule has 0 fully saturated rings. The van der Waals surface area contributed by atoms with Crippen molar-refractivity contribution in [1.29, 1.82) is 0 Å². The number of aliphatic hydroxyl groups excluding tert-OH is 1. The zero-order valence-electron chi connectivity index (χ0n) is 19.8. The van der Waals surface area contributed by atoms with Crippen LogP contribution in [0, 0.1) is 5.92 Å². The third-order valence-corrected chi connectivity index (χ3v) is 7.34. The fraction of sp³-hybridized carbons (Fsp3) is 0.536. The van der Waals surface area contributed by atoms with Crippen LogP contribution in [0.4, 0.5) is 0 Å². The Balaban J connectivity index is 1.50. The Labute approximate surface area is 197 Å². The van der Waals surface area contributed by atoms with E-state index in [-0.39, 0.29) is 18.2 Å². The van der Waals surface area contributed by atoms with Crippen LogP contribution in [0.1, 0.15) is 104 Å². The summed E-state index contributed by atoms with van der Waals surface area (Å²) in [7, 11) is 0. The van der Waals surface area contributed by atoms with Gasteiger partial charge in [0.15, 0.2) is 0 Å². The molecule has 1 heterocycles. The normalized spacial score (nSPS) is 16.9. The number of allylic oxidation sites excluding steroid dienone is 2. The maximum atomic E-state index is 12.0. The first-order chi connectivity index (χ1) is 15.5. The monoisotopic (exact) mass is 454 g/mol. The van der Waals surface area contributed by atoms with E-state index in [2.05, 4.69) is 43.3 Å². The van der Waals surface area contributed by atoms with Gasteiger partial charge >= 0.3 is 5.97 Å². The van der Waals surface area contributed by atoms with Crippen LogP contribution in [0.25, 0.3) is 5.57 Å². The first kappa shape index (κ1) is 24.7. The number of hydrogen-bond acceptors (Lipinski definition) is 4. The lowest BCUT2D eigenvalue weighted by Crippen LogP contribution is -2.09. The second-order valence-corrected chi connectivity index (χ2v) is 10.3. The van der Waals surface area contributed by atoms with Gasteiger partial charge in [0.1, 0.15) is 4.88 Å². The Morgan fingerprint density at radius 3 is 2.62 bits per heavy atom. The minimum Gasteiger partial charge on any atom is -0.459 e. The van der Waals surface area contributed by atoms with Crippen LogP contribution >= 0.6 is 11.3 Å². The molecule has 0 saturated heterocycles. The van der Waals surface area contributed by atoms with E-state index in [9.17, 15) is 9.90 Å². The van der Waals surface area contributed by atoms with E-state index in [1.807, 2.05) is 19.9 Å². The van der Waals surface area contributed by atoms with Crippen LogP contribution in [0.5, 0.6) is 0 Å². The largest absolute Gasteiger partial charge is 0.459 e. The number of thiophene rings is 1. The fourth-order valence-corrected chi connectivity index (χ4v) is 5.42. The number of carbonyl (C=O) groups is 1. The number of esters is 1. The number of rotatable bonds is 12. The molecule has 3 rings (SSSR count). The van der Waals surface area contributed by atoms with E-state index in [0.717, 1.165) is 44.1 Å². The molecule has 0 radical (unpaired) electrons. The van der Waals surface area contributed by atoms with Crippen LogP contribution in [0.2, 0.25) is 0 Å². The maximum absolute atomic E-state index is 12.0. The minimum absolute atomic E-state index is 0.0842. The molecular formula is C28H38O3S. The van der Waals surface area contributed by atoms with Crippen molar-refractivity contribution in [3.63, 3.8) is 0 Å². The van der Waals surface area contributed by atoms with Crippen LogP contribution in [-0.2, 0) is 11.2 Å². The lowest BCUT2D eigenvalue weighted by molar-refractivity contribution is 0.0384. The Hall–Kier alpha value is -1.91. The van der Waals surface area contributed by atoms with Crippen molar-refractivity contribution in [2.75, 3.05) is 0 Å². The van der Waals surface area contributed by atoms with E-state index in [1.165, 1.54) is 35.3 Å². The highest BCUT2D eigenvalue weighted by Crippen LogP contribution is 2.37. The zero-order chi connectivity index (χ0) is 22.9. The van der Waals surface area contributed by atoms with Gasteiger partial charge in [0.25, 0.3) is 0 Å². The molecule has 1 unspecified atom stereocenters. The van der Waals surface area contributed by atoms with Gasteiger partial charge in [-0.05, 0) is 87.1 Å². The van der Waals surface area contributed by atoms with Gasteiger partial charge in [0.05, 0.1) is 12.2 Å².